The summed E-state index contributed by atoms with van der Waals surface area (Å²) >= 11 is 1.75. The smallest absolute Gasteiger partial charge is 0.0841 e. The molecule has 1 aliphatic rings. The lowest BCUT2D eigenvalue weighted by atomic mass is 10.0. The summed E-state index contributed by atoms with van der Waals surface area (Å²) in [7, 11) is 0. The molecular weight excluding hydrogens is 216 g/mol. The van der Waals surface area contributed by atoms with Gasteiger partial charge in [0.15, 0.2) is 0 Å². The van der Waals surface area contributed by atoms with E-state index in [1.54, 1.807) is 11.8 Å². The first-order chi connectivity index (χ1) is 7.84. The SMILES string of the molecule is OC1Cc2ccccc2Sc2ccccc21. The summed E-state index contributed by atoms with van der Waals surface area (Å²) in [5, 5.41) is 10.2. The molecule has 3 rings (SSSR count). The zero-order valence-electron chi connectivity index (χ0n) is 8.76. The number of hydrogen-bond donors (Lipinski definition) is 1. The van der Waals surface area contributed by atoms with Gasteiger partial charge in [-0.25, -0.2) is 0 Å². The van der Waals surface area contributed by atoms with Crippen LogP contribution < -0.4 is 0 Å². The molecule has 1 heterocycles. The summed E-state index contributed by atoms with van der Waals surface area (Å²) in [4.78, 5) is 2.42. The second-order valence-corrected chi connectivity index (χ2v) is 5.05. The average Bonchev–Trinajstić information content (AvgIpc) is 2.45. The van der Waals surface area contributed by atoms with Crippen molar-refractivity contribution in [2.75, 3.05) is 0 Å². The number of aliphatic hydroxyl groups excluding tert-OH is 1. The molecule has 1 nitrogen and oxygen atoms in total. The Kier molecular flexibility index (Phi) is 2.46. The number of aliphatic hydroxyl groups is 1. The van der Waals surface area contributed by atoms with E-state index >= 15 is 0 Å². The normalized spacial score (nSPS) is 18.4. The van der Waals surface area contributed by atoms with Crippen molar-refractivity contribution >= 4 is 11.8 Å². The van der Waals surface area contributed by atoms with Crippen LogP contribution in [-0.4, -0.2) is 5.11 Å². The Hall–Kier alpha value is -1.25. The third-order valence-corrected chi connectivity index (χ3v) is 4.09. The van der Waals surface area contributed by atoms with Gasteiger partial charge in [0, 0.05) is 16.2 Å². The van der Waals surface area contributed by atoms with Crippen molar-refractivity contribution in [1.29, 1.82) is 0 Å². The van der Waals surface area contributed by atoms with E-state index in [4.69, 9.17) is 0 Å². The minimum absolute atomic E-state index is 0.382. The van der Waals surface area contributed by atoms with E-state index in [1.807, 2.05) is 30.3 Å². The Balaban J connectivity index is 2.15. The summed E-state index contributed by atoms with van der Waals surface area (Å²) in [6.45, 7) is 0. The van der Waals surface area contributed by atoms with Crippen LogP contribution in [0, 0.1) is 0 Å². The minimum atomic E-state index is -0.382. The van der Waals surface area contributed by atoms with Gasteiger partial charge in [-0.3, -0.25) is 0 Å². The minimum Gasteiger partial charge on any atom is -0.388 e. The topological polar surface area (TPSA) is 20.2 Å². The quantitative estimate of drug-likeness (QED) is 0.745. The van der Waals surface area contributed by atoms with Crippen LogP contribution in [0.25, 0.3) is 0 Å². The van der Waals surface area contributed by atoms with E-state index < -0.39 is 0 Å². The molecule has 0 fully saturated rings. The molecule has 0 aliphatic carbocycles. The van der Waals surface area contributed by atoms with E-state index in [0.29, 0.717) is 6.42 Å². The molecule has 0 spiro atoms. The lowest BCUT2D eigenvalue weighted by Gasteiger charge is -2.10. The zero-order chi connectivity index (χ0) is 11.0. The fourth-order valence-electron chi connectivity index (χ4n) is 2.06. The molecule has 0 bridgehead atoms. The van der Waals surface area contributed by atoms with Crippen LogP contribution in [0.1, 0.15) is 17.2 Å². The fourth-order valence-corrected chi connectivity index (χ4v) is 3.19. The van der Waals surface area contributed by atoms with Gasteiger partial charge in [-0.2, -0.15) is 0 Å². The largest absolute Gasteiger partial charge is 0.388 e. The van der Waals surface area contributed by atoms with Gasteiger partial charge >= 0.3 is 0 Å². The van der Waals surface area contributed by atoms with Gasteiger partial charge in [0.05, 0.1) is 6.10 Å². The number of hydrogen-bond acceptors (Lipinski definition) is 2. The molecule has 0 amide bonds. The maximum Gasteiger partial charge on any atom is 0.0841 e. The Bertz CT molecular complexity index is 522. The summed E-state index contributed by atoms with van der Waals surface area (Å²) in [6, 6.07) is 16.4. The number of benzene rings is 2. The van der Waals surface area contributed by atoms with E-state index in [-0.39, 0.29) is 6.10 Å². The van der Waals surface area contributed by atoms with Gasteiger partial charge in [-0.1, -0.05) is 48.2 Å². The van der Waals surface area contributed by atoms with Crippen molar-refractivity contribution in [1.82, 2.24) is 0 Å². The van der Waals surface area contributed by atoms with Crippen molar-refractivity contribution in [3.8, 4) is 0 Å². The van der Waals surface area contributed by atoms with Crippen LogP contribution in [0.15, 0.2) is 58.3 Å². The molecule has 16 heavy (non-hydrogen) atoms. The summed E-state index contributed by atoms with van der Waals surface area (Å²) in [5.74, 6) is 0. The molecule has 0 saturated heterocycles. The molecule has 2 aromatic carbocycles. The summed E-state index contributed by atoms with van der Waals surface area (Å²) in [6.07, 6.45) is 0.326. The predicted octanol–water partition coefficient (Wildman–Crippen LogP) is 3.43. The Labute approximate surface area is 99.1 Å². The van der Waals surface area contributed by atoms with Crippen molar-refractivity contribution in [2.24, 2.45) is 0 Å². The van der Waals surface area contributed by atoms with E-state index in [2.05, 4.69) is 18.2 Å². The standard InChI is InChI=1S/C14H12OS/c15-12-9-10-5-1-3-7-13(10)16-14-8-4-2-6-11(12)14/h1-8,12,15H,9H2. The van der Waals surface area contributed by atoms with E-state index in [9.17, 15) is 5.11 Å². The second kappa shape index (κ2) is 3.96. The first kappa shape index (κ1) is 9.94. The highest BCUT2D eigenvalue weighted by molar-refractivity contribution is 7.99. The second-order valence-electron chi connectivity index (χ2n) is 3.97. The molecule has 80 valence electrons. The van der Waals surface area contributed by atoms with Crippen LogP contribution >= 0.6 is 11.8 Å². The Morgan fingerprint density at radius 2 is 1.62 bits per heavy atom. The molecule has 2 heteroatoms. The van der Waals surface area contributed by atoms with Crippen molar-refractivity contribution in [3.05, 3.63) is 59.7 Å². The third kappa shape index (κ3) is 1.64. The van der Waals surface area contributed by atoms with Crippen molar-refractivity contribution in [2.45, 2.75) is 22.3 Å². The summed E-state index contributed by atoms with van der Waals surface area (Å²) in [5.41, 5.74) is 2.28. The van der Waals surface area contributed by atoms with Gasteiger partial charge < -0.3 is 5.11 Å². The average molecular weight is 228 g/mol. The van der Waals surface area contributed by atoms with E-state index in [1.165, 1.54) is 15.4 Å². The highest BCUT2D eigenvalue weighted by atomic mass is 32.2. The predicted molar refractivity (Wildman–Crippen MR) is 65.7 cm³/mol. The van der Waals surface area contributed by atoms with Gasteiger partial charge in [-0.05, 0) is 23.3 Å². The van der Waals surface area contributed by atoms with Crippen molar-refractivity contribution in [3.63, 3.8) is 0 Å². The van der Waals surface area contributed by atoms with Crippen molar-refractivity contribution < 1.29 is 5.11 Å². The lowest BCUT2D eigenvalue weighted by molar-refractivity contribution is 0.175. The third-order valence-electron chi connectivity index (χ3n) is 2.88. The molecule has 1 N–H and O–H groups in total. The Morgan fingerprint density at radius 3 is 2.50 bits per heavy atom. The summed E-state index contributed by atoms with van der Waals surface area (Å²) < 4.78 is 0. The zero-order valence-corrected chi connectivity index (χ0v) is 9.58. The molecule has 1 aliphatic heterocycles. The molecule has 0 radical (unpaired) electrons. The molecular formula is C14H12OS. The van der Waals surface area contributed by atoms with Gasteiger partial charge in [-0.15, -0.1) is 0 Å². The molecule has 0 saturated carbocycles. The maximum atomic E-state index is 10.2. The molecule has 1 unspecified atom stereocenters. The molecule has 2 aromatic rings. The van der Waals surface area contributed by atoms with Crippen LogP contribution in [0.5, 0.6) is 0 Å². The highest BCUT2D eigenvalue weighted by Gasteiger charge is 2.19. The Morgan fingerprint density at radius 1 is 0.938 bits per heavy atom. The lowest BCUT2D eigenvalue weighted by Crippen LogP contribution is -2.00. The van der Waals surface area contributed by atoms with Crippen LogP contribution in [0.4, 0.5) is 0 Å². The molecule has 0 aromatic heterocycles. The molecule has 1 atom stereocenters. The monoisotopic (exact) mass is 228 g/mol. The maximum absolute atomic E-state index is 10.2. The van der Waals surface area contributed by atoms with Crippen LogP contribution in [-0.2, 0) is 6.42 Å². The fraction of sp³-hybridized carbons (Fsp3) is 0.143. The van der Waals surface area contributed by atoms with Gasteiger partial charge in [0.2, 0.25) is 0 Å². The number of rotatable bonds is 0. The highest BCUT2D eigenvalue weighted by Crippen LogP contribution is 2.40. The first-order valence-corrected chi connectivity index (χ1v) is 6.19. The first-order valence-electron chi connectivity index (χ1n) is 5.37. The van der Waals surface area contributed by atoms with Gasteiger partial charge in [0.25, 0.3) is 0 Å². The van der Waals surface area contributed by atoms with Crippen LogP contribution in [0.2, 0.25) is 0 Å². The van der Waals surface area contributed by atoms with E-state index in [0.717, 1.165) is 5.56 Å². The van der Waals surface area contributed by atoms with Crippen LogP contribution in [0.3, 0.4) is 0 Å². The van der Waals surface area contributed by atoms with Gasteiger partial charge in [0.1, 0.15) is 0 Å². The number of fused-ring (bicyclic) bond motifs is 2.